The second-order valence-corrected chi connectivity index (χ2v) is 6.43. The first-order valence-corrected chi connectivity index (χ1v) is 8.69. The summed E-state index contributed by atoms with van der Waals surface area (Å²) in [7, 11) is 2.30. The highest BCUT2D eigenvalue weighted by Gasteiger charge is 2.23. The molecule has 1 unspecified atom stereocenters. The Kier molecular flexibility index (Phi) is 9.54. The van der Waals surface area contributed by atoms with Gasteiger partial charge in [-0.15, -0.1) is 0 Å². The van der Waals surface area contributed by atoms with Crippen LogP contribution < -0.4 is 5.32 Å². The van der Waals surface area contributed by atoms with Crippen molar-refractivity contribution >= 4 is 0 Å². The van der Waals surface area contributed by atoms with Crippen LogP contribution in [0.4, 0.5) is 0 Å². The number of nitrogens with zero attached hydrogens (tertiary/aromatic N) is 1. The van der Waals surface area contributed by atoms with Crippen LogP contribution >= 0.6 is 0 Å². The molecule has 1 fully saturated rings. The summed E-state index contributed by atoms with van der Waals surface area (Å²) in [5.41, 5.74) is 0. The molecule has 1 N–H and O–H groups in total. The van der Waals surface area contributed by atoms with E-state index < -0.39 is 0 Å². The zero-order valence-corrected chi connectivity index (χ0v) is 13.6. The van der Waals surface area contributed by atoms with Gasteiger partial charge in [0.15, 0.2) is 0 Å². The standard InChI is InChI=1S/C17H36N2/c1-4-6-10-14-19(3)15-17(18-13-5-2)16-11-8-7-9-12-16/h16-18H,4-15H2,1-3H3. The molecule has 114 valence electrons. The Morgan fingerprint density at radius 1 is 1.05 bits per heavy atom. The fourth-order valence-electron chi connectivity index (χ4n) is 3.31. The first kappa shape index (κ1) is 17.0. The van der Waals surface area contributed by atoms with E-state index in [1.54, 1.807) is 0 Å². The second-order valence-electron chi connectivity index (χ2n) is 6.43. The van der Waals surface area contributed by atoms with Gasteiger partial charge < -0.3 is 10.2 Å². The van der Waals surface area contributed by atoms with Crippen LogP contribution in [0.3, 0.4) is 0 Å². The summed E-state index contributed by atoms with van der Waals surface area (Å²) in [5, 5.41) is 3.82. The minimum absolute atomic E-state index is 0.729. The minimum atomic E-state index is 0.729. The zero-order chi connectivity index (χ0) is 13.9. The first-order chi connectivity index (χ1) is 9.27. The summed E-state index contributed by atoms with van der Waals surface area (Å²) in [6.45, 7) is 8.26. The molecular weight excluding hydrogens is 232 g/mol. The third-order valence-electron chi connectivity index (χ3n) is 4.53. The lowest BCUT2D eigenvalue weighted by molar-refractivity contribution is 0.203. The van der Waals surface area contributed by atoms with Crippen LogP contribution in [0.5, 0.6) is 0 Å². The average Bonchev–Trinajstić information content (AvgIpc) is 2.44. The number of nitrogens with one attached hydrogen (secondary N) is 1. The van der Waals surface area contributed by atoms with Crippen molar-refractivity contribution in [3.63, 3.8) is 0 Å². The minimum Gasteiger partial charge on any atom is -0.312 e. The summed E-state index contributed by atoms with van der Waals surface area (Å²) in [6, 6.07) is 0.729. The molecule has 0 aliphatic heterocycles. The molecule has 0 aromatic carbocycles. The quantitative estimate of drug-likeness (QED) is 0.601. The Balaban J connectivity index is 2.34. The van der Waals surface area contributed by atoms with Gasteiger partial charge in [-0.05, 0) is 51.7 Å². The van der Waals surface area contributed by atoms with Crippen LogP contribution in [0.2, 0.25) is 0 Å². The van der Waals surface area contributed by atoms with Crippen molar-refractivity contribution in [1.29, 1.82) is 0 Å². The van der Waals surface area contributed by atoms with Crippen LogP contribution in [0, 0.1) is 5.92 Å². The summed E-state index contributed by atoms with van der Waals surface area (Å²) in [6.07, 6.45) is 12.6. The number of rotatable bonds is 10. The number of likely N-dealkylation sites (N-methyl/N-ethyl adjacent to an activating group) is 1. The van der Waals surface area contributed by atoms with E-state index in [0.29, 0.717) is 0 Å². The van der Waals surface area contributed by atoms with Gasteiger partial charge in [0.05, 0.1) is 0 Å². The molecule has 0 bridgehead atoms. The molecule has 0 amide bonds. The maximum absolute atomic E-state index is 3.82. The molecule has 1 aliphatic carbocycles. The van der Waals surface area contributed by atoms with Crippen LogP contribution in [-0.4, -0.2) is 37.6 Å². The smallest absolute Gasteiger partial charge is 0.0223 e. The SMILES string of the molecule is CCCCCN(C)CC(NCCC)C1CCCCC1. The first-order valence-electron chi connectivity index (χ1n) is 8.69. The van der Waals surface area contributed by atoms with E-state index in [2.05, 4.69) is 31.1 Å². The van der Waals surface area contributed by atoms with Gasteiger partial charge in [-0.3, -0.25) is 0 Å². The van der Waals surface area contributed by atoms with E-state index in [-0.39, 0.29) is 0 Å². The summed E-state index contributed by atoms with van der Waals surface area (Å²) < 4.78 is 0. The third-order valence-corrected chi connectivity index (χ3v) is 4.53. The van der Waals surface area contributed by atoms with Crippen molar-refractivity contribution in [3.8, 4) is 0 Å². The maximum Gasteiger partial charge on any atom is 0.0223 e. The molecule has 2 heteroatoms. The van der Waals surface area contributed by atoms with Crippen molar-refractivity contribution in [2.75, 3.05) is 26.7 Å². The highest BCUT2D eigenvalue weighted by atomic mass is 15.1. The molecule has 2 nitrogen and oxygen atoms in total. The summed E-state index contributed by atoms with van der Waals surface area (Å²) in [4.78, 5) is 2.55. The fourth-order valence-corrected chi connectivity index (χ4v) is 3.31. The van der Waals surface area contributed by atoms with Crippen molar-refractivity contribution in [1.82, 2.24) is 10.2 Å². The second kappa shape index (κ2) is 10.7. The molecule has 1 aliphatic rings. The number of hydrogen-bond acceptors (Lipinski definition) is 2. The molecule has 1 rings (SSSR count). The molecule has 0 saturated heterocycles. The van der Waals surface area contributed by atoms with E-state index in [4.69, 9.17) is 0 Å². The predicted molar refractivity (Wildman–Crippen MR) is 85.7 cm³/mol. The van der Waals surface area contributed by atoms with Crippen LogP contribution in [0.1, 0.15) is 71.6 Å². The van der Waals surface area contributed by atoms with Gasteiger partial charge in [0, 0.05) is 12.6 Å². The lowest BCUT2D eigenvalue weighted by atomic mass is 9.83. The molecule has 0 aromatic rings. The molecule has 1 atom stereocenters. The average molecular weight is 268 g/mol. The van der Waals surface area contributed by atoms with Crippen LogP contribution in [0.15, 0.2) is 0 Å². The van der Waals surface area contributed by atoms with Crippen molar-refractivity contribution in [2.24, 2.45) is 5.92 Å². The summed E-state index contributed by atoms with van der Waals surface area (Å²) >= 11 is 0. The van der Waals surface area contributed by atoms with Gasteiger partial charge in [-0.2, -0.15) is 0 Å². The largest absolute Gasteiger partial charge is 0.312 e. The Morgan fingerprint density at radius 3 is 2.42 bits per heavy atom. The van der Waals surface area contributed by atoms with Gasteiger partial charge in [-0.25, -0.2) is 0 Å². The van der Waals surface area contributed by atoms with Gasteiger partial charge in [0.2, 0.25) is 0 Å². The molecule has 19 heavy (non-hydrogen) atoms. The van der Waals surface area contributed by atoms with Crippen molar-refractivity contribution < 1.29 is 0 Å². The van der Waals surface area contributed by atoms with Gasteiger partial charge in [0.25, 0.3) is 0 Å². The third kappa shape index (κ3) is 7.31. The normalized spacial score (nSPS) is 18.9. The van der Waals surface area contributed by atoms with Gasteiger partial charge >= 0.3 is 0 Å². The number of unbranched alkanes of at least 4 members (excludes halogenated alkanes) is 2. The molecular formula is C17H36N2. The van der Waals surface area contributed by atoms with E-state index in [1.165, 1.54) is 77.4 Å². The molecule has 0 aromatic heterocycles. The lowest BCUT2D eigenvalue weighted by Crippen LogP contribution is -2.45. The van der Waals surface area contributed by atoms with Crippen LogP contribution in [-0.2, 0) is 0 Å². The fraction of sp³-hybridized carbons (Fsp3) is 1.00. The van der Waals surface area contributed by atoms with E-state index in [9.17, 15) is 0 Å². The Bertz CT molecular complexity index is 199. The highest BCUT2D eigenvalue weighted by Crippen LogP contribution is 2.26. The van der Waals surface area contributed by atoms with Crippen molar-refractivity contribution in [3.05, 3.63) is 0 Å². The Hall–Kier alpha value is -0.0800. The van der Waals surface area contributed by atoms with Gasteiger partial charge in [0.1, 0.15) is 0 Å². The van der Waals surface area contributed by atoms with E-state index in [1.807, 2.05) is 0 Å². The van der Waals surface area contributed by atoms with E-state index in [0.717, 1.165) is 12.0 Å². The maximum atomic E-state index is 3.82. The Morgan fingerprint density at radius 2 is 1.79 bits per heavy atom. The molecule has 0 spiro atoms. The predicted octanol–water partition coefficient (Wildman–Crippen LogP) is 4.06. The zero-order valence-electron chi connectivity index (χ0n) is 13.6. The number of hydrogen-bond donors (Lipinski definition) is 1. The summed E-state index contributed by atoms with van der Waals surface area (Å²) in [5.74, 6) is 0.925. The van der Waals surface area contributed by atoms with Gasteiger partial charge in [-0.1, -0.05) is 46.0 Å². The highest BCUT2D eigenvalue weighted by molar-refractivity contribution is 4.81. The molecule has 0 heterocycles. The Labute approximate surface area is 121 Å². The lowest BCUT2D eigenvalue weighted by Gasteiger charge is -2.34. The monoisotopic (exact) mass is 268 g/mol. The van der Waals surface area contributed by atoms with E-state index >= 15 is 0 Å². The van der Waals surface area contributed by atoms with Crippen LogP contribution in [0.25, 0.3) is 0 Å². The van der Waals surface area contributed by atoms with Crippen molar-refractivity contribution in [2.45, 2.75) is 77.7 Å². The topological polar surface area (TPSA) is 15.3 Å². The molecule has 1 saturated carbocycles. The molecule has 0 radical (unpaired) electrons.